The largest absolute Gasteiger partial charge is 0.409 e. The third-order valence-electron chi connectivity index (χ3n) is 3.08. The molecule has 2 rings (SSSR count). The molecule has 1 heterocycles. The second-order valence-corrected chi connectivity index (χ2v) is 4.57. The molecule has 0 saturated heterocycles. The highest BCUT2D eigenvalue weighted by molar-refractivity contribution is 5.98. The Balaban J connectivity index is 1.94. The van der Waals surface area contributed by atoms with Crippen molar-refractivity contribution in [2.24, 2.45) is 10.9 Å². The highest BCUT2D eigenvalue weighted by Gasteiger charge is 2.08. The van der Waals surface area contributed by atoms with Gasteiger partial charge in [-0.05, 0) is 42.3 Å². The Kier molecular flexibility index (Phi) is 5.22. The first-order valence-corrected chi connectivity index (χ1v) is 6.56. The molecule has 110 valence electrons. The van der Waals surface area contributed by atoms with Gasteiger partial charge in [0.15, 0.2) is 5.84 Å². The summed E-state index contributed by atoms with van der Waals surface area (Å²) in [5, 5.41) is 14.9. The van der Waals surface area contributed by atoms with Crippen LogP contribution >= 0.6 is 0 Å². The fourth-order valence-electron chi connectivity index (χ4n) is 2.00. The molecule has 0 bridgehead atoms. The zero-order valence-corrected chi connectivity index (χ0v) is 11.5. The third kappa shape index (κ3) is 4.25. The molecule has 21 heavy (non-hydrogen) atoms. The van der Waals surface area contributed by atoms with Gasteiger partial charge in [-0.3, -0.25) is 4.98 Å². The van der Waals surface area contributed by atoms with Crippen LogP contribution in [0.15, 0.2) is 47.9 Å². The molecule has 0 atom stereocenters. The Morgan fingerprint density at radius 2 is 2.24 bits per heavy atom. The van der Waals surface area contributed by atoms with Crippen LogP contribution in [0.5, 0.6) is 0 Å². The number of nitrogens with two attached hydrogens (primary N) is 1. The topological polar surface area (TPSA) is 83.5 Å². The van der Waals surface area contributed by atoms with Gasteiger partial charge in [0.05, 0.1) is 0 Å². The van der Waals surface area contributed by atoms with Crippen LogP contribution in [-0.4, -0.2) is 22.6 Å². The summed E-state index contributed by atoms with van der Waals surface area (Å²) in [7, 11) is 0. The standard InChI is InChI=1S/C15H17FN4O/c16-13-4-3-12(14(8-13)15(17)20-21)10-19-7-5-11-2-1-6-18-9-11/h1-4,6,8-9,19,21H,5,7,10H2,(H2,17,20). The van der Waals surface area contributed by atoms with Gasteiger partial charge in [0.25, 0.3) is 0 Å². The van der Waals surface area contributed by atoms with Crippen LogP contribution in [0.25, 0.3) is 0 Å². The van der Waals surface area contributed by atoms with E-state index in [9.17, 15) is 4.39 Å². The van der Waals surface area contributed by atoms with Gasteiger partial charge in [-0.2, -0.15) is 0 Å². The van der Waals surface area contributed by atoms with E-state index in [1.54, 1.807) is 12.3 Å². The van der Waals surface area contributed by atoms with Crippen molar-refractivity contribution in [2.45, 2.75) is 13.0 Å². The van der Waals surface area contributed by atoms with Crippen LogP contribution < -0.4 is 11.1 Å². The van der Waals surface area contributed by atoms with E-state index in [4.69, 9.17) is 10.9 Å². The molecule has 0 saturated carbocycles. The smallest absolute Gasteiger partial charge is 0.170 e. The molecule has 0 spiro atoms. The van der Waals surface area contributed by atoms with Crippen molar-refractivity contribution in [1.82, 2.24) is 10.3 Å². The highest BCUT2D eigenvalue weighted by atomic mass is 19.1. The minimum Gasteiger partial charge on any atom is -0.409 e. The number of oxime groups is 1. The number of nitrogens with zero attached hydrogens (tertiary/aromatic N) is 2. The number of aromatic nitrogens is 1. The molecule has 1 aromatic heterocycles. The van der Waals surface area contributed by atoms with E-state index < -0.39 is 5.82 Å². The van der Waals surface area contributed by atoms with E-state index in [2.05, 4.69) is 15.5 Å². The lowest BCUT2D eigenvalue weighted by atomic mass is 10.1. The van der Waals surface area contributed by atoms with Gasteiger partial charge in [0, 0.05) is 24.5 Å². The number of amidine groups is 1. The van der Waals surface area contributed by atoms with E-state index in [1.807, 2.05) is 18.3 Å². The summed E-state index contributed by atoms with van der Waals surface area (Å²) in [6.07, 6.45) is 4.40. The van der Waals surface area contributed by atoms with Crippen LogP contribution in [0.2, 0.25) is 0 Å². The fourth-order valence-corrected chi connectivity index (χ4v) is 2.00. The maximum Gasteiger partial charge on any atom is 0.170 e. The first-order chi connectivity index (χ1) is 10.2. The highest BCUT2D eigenvalue weighted by Crippen LogP contribution is 2.11. The Morgan fingerprint density at radius 1 is 1.38 bits per heavy atom. The summed E-state index contributed by atoms with van der Waals surface area (Å²) in [5.41, 5.74) is 7.87. The monoisotopic (exact) mass is 288 g/mol. The van der Waals surface area contributed by atoms with Crippen LogP contribution in [0.4, 0.5) is 4.39 Å². The number of halogens is 1. The summed E-state index contributed by atoms with van der Waals surface area (Å²) in [5.74, 6) is -0.519. The second kappa shape index (κ2) is 7.35. The van der Waals surface area contributed by atoms with Gasteiger partial charge in [-0.25, -0.2) is 4.39 Å². The van der Waals surface area contributed by atoms with E-state index in [-0.39, 0.29) is 5.84 Å². The molecule has 2 aromatic rings. The van der Waals surface area contributed by atoms with Gasteiger partial charge in [-0.15, -0.1) is 0 Å². The normalized spacial score (nSPS) is 11.6. The van der Waals surface area contributed by atoms with E-state index in [0.29, 0.717) is 12.1 Å². The van der Waals surface area contributed by atoms with Gasteiger partial charge in [0.2, 0.25) is 0 Å². The van der Waals surface area contributed by atoms with Crippen molar-refractivity contribution in [1.29, 1.82) is 0 Å². The fraction of sp³-hybridized carbons (Fsp3) is 0.200. The Labute approximate surface area is 122 Å². The Bertz CT molecular complexity index is 616. The number of pyridine rings is 1. The van der Waals surface area contributed by atoms with Gasteiger partial charge < -0.3 is 16.3 Å². The number of rotatable bonds is 6. The van der Waals surface area contributed by atoms with E-state index in [1.165, 1.54) is 12.1 Å². The number of nitrogens with one attached hydrogen (secondary N) is 1. The first kappa shape index (κ1) is 14.9. The van der Waals surface area contributed by atoms with Gasteiger partial charge >= 0.3 is 0 Å². The summed E-state index contributed by atoms with van der Waals surface area (Å²) in [4.78, 5) is 4.05. The molecule has 4 N–H and O–H groups in total. The Morgan fingerprint density at radius 3 is 2.95 bits per heavy atom. The summed E-state index contributed by atoms with van der Waals surface area (Å²) in [6.45, 7) is 1.25. The van der Waals surface area contributed by atoms with Crippen LogP contribution in [0.1, 0.15) is 16.7 Å². The maximum absolute atomic E-state index is 13.2. The Hall–Kier alpha value is -2.47. The van der Waals surface area contributed by atoms with E-state index >= 15 is 0 Å². The SMILES string of the molecule is NC(=NO)c1cc(F)ccc1CNCCc1cccnc1. The molecule has 0 aliphatic heterocycles. The molecule has 0 aliphatic carbocycles. The lowest BCUT2D eigenvalue weighted by Gasteiger charge is -2.10. The van der Waals surface area contributed by atoms with Crippen molar-refractivity contribution in [2.75, 3.05) is 6.54 Å². The molecule has 6 heteroatoms. The van der Waals surface area contributed by atoms with Gasteiger partial charge in [-0.1, -0.05) is 17.3 Å². The molecule has 0 radical (unpaired) electrons. The molecule has 0 fully saturated rings. The third-order valence-corrected chi connectivity index (χ3v) is 3.08. The second-order valence-electron chi connectivity index (χ2n) is 4.57. The average molecular weight is 288 g/mol. The minimum atomic E-state index is -0.421. The van der Waals surface area contributed by atoms with Crippen molar-refractivity contribution in [3.63, 3.8) is 0 Å². The molecule has 5 nitrogen and oxygen atoms in total. The first-order valence-electron chi connectivity index (χ1n) is 6.56. The average Bonchev–Trinajstić information content (AvgIpc) is 2.53. The van der Waals surface area contributed by atoms with Crippen LogP contribution in [0.3, 0.4) is 0 Å². The lowest BCUT2D eigenvalue weighted by Crippen LogP contribution is -2.21. The molecular formula is C15H17FN4O. The zero-order chi connectivity index (χ0) is 15.1. The summed E-state index contributed by atoms with van der Waals surface area (Å²) >= 11 is 0. The molecule has 0 amide bonds. The predicted octanol–water partition coefficient (Wildman–Crippen LogP) is 1.65. The number of hydrogen-bond donors (Lipinski definition) is 3. The lowest BCUT2D eigenvalue weighted by molar-refractivity contribution is 0.318. The van der Waals surface area contributed by atoms with E-state index in [0.717, 1.165) is 24.1 Å². The summed E-state index contributed by atoms with van der Waals surface area (Å²) in [6, 6.07) is 8.14. The molecule has 0 aliphatic rings. The van der Waals surface area contributed by atoms with Crippen molar-refractivity contribution in [3.05, 3.63) is 65.2 Å². The zero-order valence-electron chi connectivity index (χ0n) is 11.5. The van der Waals surface area contributed by atoms with Crippen molar-refractivity contribution < 1.29 is 9.60 Å². The van der Waals surface area contributed by atoms with Crippen LogP contribution in [0, 0.1) is 5.82 Å². The minimum absolute atomic E-state index is 0.0986. The van der Waals surface area contributed by atoms with Crippen molar-refractivity contribution in [3.8, 4) is 0 Å². The molecular weight excluding hydrogens is 271 g/mol. The maximum atomic E-state index is 13.2. The van der Waals surface area contributed by atoms with Gasteiger partial charge in [0.1, 0.15) is 5.82 Å². The van der Waals surface area contributed by atoms with Crippen LogP contribution in [-0.2, 0) is 13.0 Å². The predicted molar refractivity (Wildman–Crippen MR) is 78.6 cm³/mol. The quantitative estimate of drug-likeness (QED) is 0.248. The summed E-state index contributed by atoms with van der Waals surface area (Å²) < 4.78 is 13.2. The molecule has 1 aromatic carbocycles. The molecule has 0 unspecified atom stereocenters. The number of benzene rings is 1. The van der Waals surface area contributed by atoms with Crippen molar-refractivity contribution >= 4 is 5.84 Å². The number of hydrogen-bond acceptors (Lipinski definition) is 4.